The number of aliphatic hydroxyl groups is 1. The van der Waals surface area contributed by atoms with E-state index in [-0.39, 0.29) is 12.3 Å². The molecule has 10 nitrogen and oxygen atoms in total. The third-order valence-corrected chi connectivity index (χ3v) is 6.16. The number of anilines is 2. The Morgan fingerprint density at radius 2 is 2.06 bits per heavy atom. The zero-order valence-electron chi connectivity index (χ0n) is 19.4. The summed E-state index contributed by atoms with van der Waals surface area (Å²) in [5.41, 5.74) is 2.14. The molecule has 1 aliphatic rings. The highest BCUT2D eigenvalue weighted by Crippen LogP contribution is 2.28. The third kappa shape index (κ3) is 5.45. The second kappa shape index (κ2) is 10.3. The molecule has 1 fully saturated rings. The van der Waals surface area contributed by atoms with Gasteiger partial charge in [0.25, 0.3) is 5.91 Å². The van der Waals surface area contributed by atoms with Gasteiger partial charge in [0, 0.05) is 48.7 Å². The summed E-state index contributed by atoms with van der Waals surface area (Å²) in [5.74, 6) is 0.294. The number of carbonyl (C=O) groups is 1. The van der Waals surface area contributed by atoms with Gasteiger partial charge in [0.2, 0.25) is 5.95 Å². The summed E-state index contributed by atoms with van der Waals surface area (Å²) in [7, 11) is 0. The van der Waals surface area contributed by atoms with E-state index in [1.54, 1.807) is 52.3 Å². The van der Waals surface area contributed by atoms with Crippen molar-refractivity contribution >= 4 is 17.5 Å². The van der Waals surface area contributed by atoms with Gasteiger partial charge in [-0.05, 0) is 50.1 Å². The average Bonchev–Trinajstić information content (AvgIpc) is 3.53. The van der Waals surface area contributed by atoms with Crippen LogP contribution in [0.4, 0.5) is 11.6 Å². The predicted molar refractivity (Wildman–Crippen MR) is 128 cm³/mol. The highest BCUT2D eigenvalue weighted by molar-refractivity contribution is 5.94. The highest BCUT2D eigenvalue weighted by atomic mass is 16.3. The monoisotopic (exact) mass is 470 g/mol. The lowest BCUT2D eigenvalue weighted by molar-refractivity contribution is 0.0765. The maximum absolute atomic E-state index is 12.6. The maximum Gasteiger partial charge on any atom is 0.253 e. The van der Waals surface area contributed by atoms with Crippen LogP contribution in [0.1, 0.15) is 43.0 Å². The third-order valence-electron chi connectivity index (χ3n) is 6.16. The topological polar surface area (TPSA) is 144 Å². The molecule has 1 aliphatic heterocycles. The van der Waals surface area contributed by atoms with Crippen LogP contribution in [0, 0.1) is 22.7 Å². The summed E-state index contributed by atoms with van der Waals surface area (Å²) in [5, 5.41) is 35.5. The van der Waals surface area contributed by atoms with Gasteiger partial charge in [0.05, 0.1) is 42.1 Å². The van der Waals surface area contributed by atoms with E-state index in [1.165, 1.54) is 0 Å². The smallest absolute Gasteiger partial charge is 0.253 e. The molecule has 0 saturated carbocycles. The number of nitriles is 2. The molecule has 3 aromatic rings. The Bertz CT molecular complexity index is 1270. The van der Waals surface area contributed by atoms with Crippen molar-refractivity contribution in [3.8, 4) is 23.4 Å². The van der Waals surface area contributed by atoms with Crippen molar-refractivity contribution in [2.75, 3.05) is 18.4 Å². The maximum atomic E-state index is 12.6. The molecule has 178 valence electrons. The molecule has 1 aromatic carbocycles. The summed E-state index contributed by atoms with van der Waals surface area (Å²) in [4.78, 5) is 23.1. The minimum atomic E-state index is -0.580. The van der Waals surface area contributed by atoms with Crippen LogP contribution in [-0.2, 0) is 5.54 Å². The molecule has 0 radical (unpaired) electrons. The van der Waals surface area contributed by atoms with Gasteiger partial charge < -0.3 is 15.3 Å². The number of carbonyl (C=O) groups excluding carboxylic acids is 1. The van der Waals surface area contributed by atoms with Gasteiger partial charge in [0.1, 0.15) is 0 Å². The molecule has 0 aliphatic carbocycles. The summed E-state index contributed by atoms with van der Waals surface area (Å²) in [6, 6.07) is 13.1. The lowest BCUT2D eigenvalue weighted by atomic mass is 9.93. The molecule has 1 unspecified atom stereocenters. The van der Waals surface area contributed by atoms with Gasteiger partial charge in [-0.3, -0.25) is 9.48 Å². The summed E-state index contributed by atoms with van der Waals surface area (Å²) in [6.07, 6.45) is 6.40. The largest absolute Gasteiger partial charge is 0.391 e. The van der Waals surface area contributed by atoms with Crippen molar-refractivity contribution in [2.24, 2.45) is 0 Å². The van der Waals surface area contributed by atoms with Gasteiger partial charge >= 0.3 is 0 Å². The predicted octanol–water partition coefficient (Wildman–Crippen LogP) is 3.22. The number of benzene rings is 1. The molecule has 3 heterocycles. The number of rotatable bonds is 8. The number of hydrogen-bond acceptors (Lipinski definition) is 8. The van der Waals surface area contributed by atoms with E-state index < -0.39 is 11.6 Å². The second-order valence-electron chi connectivity index (χ2n) is 8.83. The van der Waals surface area contributed by atoms with Crippen LogP contribution in [-0.4, -0.2) is 54.9 Å². The van der Waals surface area contributed by atoms with Crippen LogP contribution >= 0.6 is 0 Å². The molecule has 10 heteroatoms. The summed E-state index contributed by atoms with van der Waals surface area (Å²) < 4.78 is 1.73. The first-order chi connectivity index (χ1) is 16.9. The van der Waals surface area contributed by atoms with Crippen molar-refractivity contribution in [1.29, 1.82) is 10.5 Å². The second-order valence-corrected chi connectivity index (χ2v) is 8.83. The summed E-state index contributed by atoms with van der Waals surface area (Å²) in [6.45, 7) is 2.84. The minimum Gasteiger partial charge on any atom is -0.391 e. The number of β-amino-alcohol motifs (C(OH)–C–C–N with tert-alkyl or cyclic N) is 1. The number of amides is 1. The Labute approximate surface area is 203 Å². The van der Waals surface area contributed by atoms with Crippen molar-refractivity contribution < 1.29 is 9.90 Å². The Morgan fingerprint density at radius 3 is 2.74 bits per heavy atom. The Morgan fingerprint density at radius 1 is 1.26 bits per heavy atom. The van der Waals surface area contributed by atoms with E-state index in [0.717, 1.165) is 11.3 Å². The van der Waals surface area contributed by atoms with E-state index in [1.807, 2.05) is 13.1 Å². The van der Waals surface area contributed by atoms with E-state index in [4.69, 9.17) is 5.26 Å². The Hall–Kier alpha value is -4.28. The van der Waals surface area contributed by atoms with Crippen molar-refractivity contribution in [2.45, 2.75) is 44.2 Å². The van der Waals surface area contributed by atoms with Gasteiger partial charge in [-0.25, -0.2) is 9.97 Å². The zero-order valence-corrected chi connectivity index (χ0v) is 19.4. The first-order valence-electron chi connectivity index (χ1n) is 11.4. The fraction of sp³-hybridized carbons (Fsp3) is 0.360. The standard InChI is InChI=1S/C25H26N8O2/c1-25(10-12-27,9-2-11-26)33-16-19(15-29-33)22-7-13-28-24(31-22)30-20-5-3-18(4-6-20)23(35)32-14-8-21(34)17-32/h3-7,13,15-16,21,34H,2,8-10,14,17H2,1H3,(H,28,30,31)/t21?,25-/m1/s1. The van der Waals surface area contributed by atoms with E-state index in [9.17, 15) is 15.2 Å². The van der Waals surface area contributed by atoms with Crippen LogP contribution < -0.4 is 5.32 Å². The molecular weight excluding hydrogens is 444 g/mol. The molecule has 1 saturated heterocycles. The molecule has 35 heavy (non-hydrogen) atoms. The number of nitrogens with one attached hydrogen (secondary N) is 1. The molecule has 0 spiro atoms. The van der Waals surface area contributed by atoms with Crippen LogP contribution in [0.3, 0.4) is 0 Å². The van der Waals surface area contributed by atoms with Gasteiger partial charge in [-0.15, -0.1) is 0 Å². The Kier molecular flexibility index (Phi) is 7.04. The van der Waals surface area contributed by atoms with Crippen molar-refractivity contribution in [3.05, 3.63) is 54.5 Å². The first kappa shape index (κ1) is 23.9. The van der Waals surface area contributed by atoms with Crippen LogP contribution in [0.15, 0.2) is 48.9 Å². The van der Waals surface area contributed by atoms with Gasteiger partial charge in [-0.2, -0.15) is 15.6 Å². The molecule has 1 amide bonds. The van der Waals surface area contributed by atoms with Crippen LogP contribution in [0.2, 0.25) is 0 Å². The fourth-order valence-corrected chi connectivity index (χ4v) is 4.04. The highest BCUT2D eigenvalue weighted by Gasteiger charge is 2.27. The number of aromatic nitrogens is 4. The number of aliphatic hydroxyl groups excluding tert-OH is 1. The number of hydrogen-bond donors (Lipinski definition) is 2. The number of nitrogens with zero attached hydrogens (tertiary/aromatic N) is 7. The van der Waals surface area contributed by atoms with Crippen LogP contribution in [0.25, 0.3) is 11.3 Å². The quantitative estimate of drug-likeness (QED) is 0.511. The molecular formula is C25H26N8O2. The lowest BCUT2D eigenvalue weighted by Crippen LogP contribution is -2.30. The first-order valence-corrected chi connectivity index (χ1v) is 11.4. The molecule has 2 atom stereocenters. The van der Waals surface area contributed by atoms with Crippen LogP contribution in [0.5, 0.6) is 0 Å². The van der Waals surface area contributed by atoms with E-state index >= 15 is 0 Å². The Balaban J connectivity index is 1.47. The molecule has 0 bridgehead atoms. The van der Waals surface area contributed by atoms with Gasteiger partial charge in [0.15, 0.2) is 0 Å². The SMILES string of the molecule is C[C@](CC#N)(CCC#N)n1cc(-c2ccnc(Nc3ccc(C(=O)N4CCC(O)C4)cc3)n2)cn1. The van der Waals surface area contributed by atoms with Crippen molar-refractivity contribution in [3.63, 3.8) is 0 Å². The average molecular weight is 471 g/mol. The minimum absolute atomic E-state index is 0.0958. The molecule has 4 rings (SSSR count). The fourth-order valence-electron chi connectivity index (χ4n) is 4.04. The lowest BCUT2D eigenvalue weighted by Gasteiger charge is -2.26. The van der Waals surface area contributed by atoms with Crippen molar-refractivity contribution in [1.82, 2.24) is 24.6 Å². The molecule has 2 aromatic heterocycles. The molecule has 2 N–H and O–H groups in total. The summed E-state index contributed by atoms with van der Waals surface area (Å²) >= 11 is 0. The number of likely N-dealkylation sites (tertiary alicyclic amines) is 1. The zero-order chi connectivity index (χ0) is 24.8. The van der Waals surface area contributed by atoms with E-state index in [0.29, 0.717) is 49.6 Å². The van der Waals surface area contributed by atoms with E-state index in [2.05, 4.69) is 32.5 Å². The normalized spacial score (nSPS) is 16.8. The van der Waals surface area contributed by atoms with Gasteiger partial charge in [-0.1, -0.05) is 0 Å².